The van der Waals surface area contributed by atoms with Crippen LogP contribution in [-0.4, -0.2) is 36.2 Å². The molecule has 2 fully saturated rings. The number of carbonyl (C=O) groups is 1. The van der Waals surface area contributed by atoms with Crippen molar-refractivity contribution in [2.45, 2.75) is 31.9 Å². The molecular formula is C15H21N3O2. The Labute approximate surface area is 119 Å². The molecule has 2 aliphatic rings. The molecule has 1 aliphatic carbocycles. The minimum Gasteiger partial charge on any atom is -0.377 e. The van der Waals surface area contributed by atoms with Gasteiger partial charge in [0.15, 0.2) is 0 Å². The minimum atomic E-state index is -0.855. The summed E-state index contributed by atoms with van der Waals surface area (Å²) in [4.78, 5) is 18.5. The van der Waals surface area contributed by atoms with Gasteiger partial charge < -0.3 is 15.4 Å². The molecule has 5 heteroatoms. The van der Waals surface area contributed by atoms with Gasteiger partial charge in [-0.1, -0.05) is 13.8 Å². The fourth-order valence-corrected chi connectivity index (χ4v) is 3.78. The average Bonchev–Trinajstić information content (AvgIpc) is 2.94. The number of carbonyl (C=O) groups excluding carboxylic acids is 1. The van der Waals surface area contributed by atoms with Gasteiger partial charge in [0, 0.05) is 43.1 Å². The van der Waals surface area contributed by atoms with E-state index in [2.05, 4.69) is 4.98 Å². The quantitative estimate of drug-likeness (QED) is 0.880. The van der Waals surface area contributed by atoms with Crippen molar-refractivity contribution in [1.82, 2.24) is 4.98 Å². The summed E-state index contributed by atoms with van der Waals surface area (Å²) in [5.74, 6) is 0.0785. The molecule has 1 amide bonds. The molecule has 0 bridgehead atoms. The normalized spacial score (nSPS) is 34.2. The number of anilines is 1. The molecule has 20 heavy (non-hydrogen) atoms. The van der Waals surface area contributed by atoms with Crippen molar-refractivity contribution < 1.29 is 9.53 Å². The second kappa shape index (κ2) is 4.27. The van der Waals surface area contributed by atoms with Gasteiger partial charge in [0.25, 0.3) is 0 Å². The Kier molecular flexibility index (Phi) is 2.88. The summed E-state index contributed by atoms with van der Waals surface area (Å²) in [5.41, 5.74) is 6.18. The molecule has 3 atom stereocenters. The Bertz CT molecular complexity index is 531. The monoisotopic (exact) mass is 275 g/mol. The maximum absolute atomic E-state index is 12.9. The Morgan fingerprint density at radius 3 is 2.75 bits per heavy atom. The maximum atomic E-state index is 12.9. The molecule has 0 spiro atoms. The lowest BCUT2D eigenvalue weighted by Crippen LogP contribution is -2.80. The molecule has 3 unspecified atom stereocenters. The third-order valence-electron chi connectivity index (χ3n) is 5.16. The number of rotatable bonds is 2. The SMILES string of the molecule is CN(C(=O)C1(N)C2CCOC2C1(C)C)c1ccncc1. The van der Waals surface area contributed by atoms with E-state index in [1.165, 1.54) is 0 Å². The molecule has 1 aromatic rings. The number of hydrogen-bond acceptors (Lipinski definition) is 4. The zero-order chi connectivity index (χ0) is 14.5. The van der Waals surface area contributed by atoms with E-state index >= 15 is 0 Å². The average molecular weight is 275 g/mol. The molecule has 1 saturated heterocycles. The summed E-state index contributed by atoms with van der Waals surface area (Å²) >= 11 is 0. The third-order valence-corrected chi connectivity index (χ3v) is 5.16. The number of pyridine rings is 1. The van der Waals surface area contributed by atoms with Crippen molar-refractivity contribution in [2.24, 2.45) is 17.1 Å². The van der Waals surface area contributed by atoms with Crippen molar-refractivity contribution >= 4 is 11.6 Å². The molecule has 5 nitrogen and oxygen atoms in total. The minimum absolute atomic E-state index is 0.0412. The van der Waals surface area contributed by atoms with E-state index in [4.69, 9.17) is 10.5 Å². The van der Waals surface area contributed by atoms with Gasteiger partial charge in [-0.25, -0.2) is 0 Å². The van der Waals surface area contributed by atoms with Crippen LogP contribution in [0.2, 0.25) is 0 Å². The van der Waals surface area contributed by atoms with Gasteiger partial charge in [-0.3, -0.25) is 9.78 Å². The Balaban J connectivity index is 1.90. The zero-order valence-electron chi connectivity index (χ0n) is 12.2. The lowest BCUT2D eigenvalue weighted by Gasteiger charge is -2.61. The second-order valence-corrected chi connectivity index (χ2v) is 6.35. The molecule has 2 heterocycles. The largest absolute Gasteiger partial charge is 0.377 e. The molecule has 0 radical (unpaired) electrons. The van der Waals surface area contributed by atoms with Crippen LogP contribution < -0.4 is 10.6 Å². The second-order valence-electron chi connectivity index (χ2n) is 6.35. The van der Waals surface area contributed by atoms with Crippen LogP contribution in [-0.2, 0) is 9.53 Å². The van der Waals surface area contributed by atoms with E-state index in [1.807, 2.05) is 26.0 Å². The molecule has 1 saturated carbocycles. The highest BCUT2D eigenvalue weighted by Gasteiger charge is 2.71. The fourth-order valence-electron chi connectivity index (χ4n) is 3.78. The first-order chi connectivity index (χ1) is 9.40. The number of nitrogens with zero attached hydrogens (tertiary/aromatic N) is 2. The third kappa shape index (κ3) is 1.50. The van der Waals surface area contributed by atoms with Gasteiger partial charge >= 0.3 is 0 Å². The van der Waals surface area contributed by atoms with Crippen molar-refractivity contribution in [2.75, 3.05) is 18.6 Å². The van der Waals surface area contributed by atoms with E-state index in [9.17, 15) is 4.79 Å². The van der Waals surface area contributed by atoms with Crippen molar-refractivity contribution in [3.63, 3.8) is 0 Å². The predicted molar refractivity (Wildman–Crippen MR) is 76.2 cm³/mol. The zero-order valence-corrected chi connectivity index (χ0v) is 12.2. The number of nitrogens with two attached hydrogens (primary N) is 1. The van der Waals surface area contributed by atoms with Gasteiger partial charge in [-0.05, 0) is 18.6 Å². The van der Waals surface area contributed by atoms with Gasteiger partial charge in [0.1, 0.15) is 5.54 Å². The van der Waals surface area contributed by atoms with Gasteiger partial charge in [-0.2, -0.15) is 0 Å². The molecule has 3 rings (SSSR count). The molecule has 0 aromatic carbocycles. The first-order valence-corrected chi connectivity index (χ1v) is 6.99. The molecule has 108 valence electrons. The molecule has 1 aromatic heterocycles. The Morgan fingerprint density at radius 1 is 1.45 bits per heavy atom. The standard InChI is InChI=1S/C15H21N3O2/c1-14(2)12-11(6-9-20-12)15(14,16)13(19)18(3)10-4-7-17-8-5-10/h4-5,7-8,11-12H,6,9,16H2,1-3H3. The summed E-state index contributed by atoms with van der Waals surface area (Å²) in [6, 6.07) is 3.63. The summed E-state index contributed by atoms with van der Waals surface area (Å²) in [7, 11) is 1.77. The van der Waals surface area contributed by atoms with Gasteiger partial charge in [0.05, 0.1) is 6.10 Å². The van der Waals surface area contributed by atoms with Crippen LogP contribution in [0.15, 0.2) is 24.5 Å². The molecule has 1 aliphatic heterocycles. The molecular weight excluding hydrogens is 254 g/mol. The number of likely N-dealkylation sites (N-methyl/N-ethyl adjacent to an activating group) is 1. The van der Waals surface area contributed by atoms with Gasteiger partial charge in [-0.15, -0.1) is 0 Å². The lowest BCUT2D eigenvalue weighted by atomic mass is 9.47. The summed E-state index contributed by atoms with van der Waals surface area (Å²) in [6.07, 6.45) is 4.31. The van der Waals surface area contributed by atoms with Crippen LogP contribution >= 0.6 is 0 Å². The van der Waals surface area contributed by atoms with E-state index in [0.29, 0.717) is 6.61 Å². The van der Waals surface area contributed by atoms with E-state index in [0.717, 1.165) is 12.1 Å². The van der Waals surface area contributed by atoms with Crippen molar-refractivity contribution in [3.8, 4) is 0 Å². The maximum Gasteiger partial charge on any atom is 0.247 e. The van der Waals surface area contributed by atoms with Crippen molar-refractivity contribution in [1.29, 1.82) is 0 Å². The van der Waals surface area contributed by atoms with E-state index in [1.54, 1.807) is 24.3 Å². The highest BCUT2D eigenvalue weighted by Crippen LogP contribution is 2.58. The number of fused-ring (bicyclic) bond motifs is 1. The first kappa shape index (κ1) is 13.5. The number of hydrogen-bond donors (Lipinski definition) is 1. The Morgan fingerprint density at radius 2 is 2.10 bits per heavy atom. The lowest BCUT2D eigenvalue weighted by molar-refractivity contribution is -0.172. The topological polar surface area (TPSA) is 68.5 Å². The molecule has 2 N–H and O–H groups in total. The smallest absolute Gasteiger partial charge is 0.247 e. The predicted octanol–water partition coefficient (Wildman–Crippen LogP) is 1.19. The van der Waals surface area contributed by atoms with Crippen molar-refractivity contribution in [3.05, 3.63) is 24.5 Å². The number of ether oxygens (including phenoxy) is 1. The number of aromatic nitrogens is 1. The van der Waals surface area contributed by atoms with Crippen LogP contribution in [0, 0.1) is 11.3 Å². The number of amides is 1. The Hall–Kier alpha value is -1.46. The fraction of sp³-hybridized carbons (Fsp3) is 0.600. The summed E-state index contributed by atoms with van der Waals surface area (Å²) < 4.78 is 5.74. The highest BCUT2D eigenvalue weighted by atomic mass is 16.5. The first-order valence-electron chi connectivity index (χ1n) is 6.99. The highest BCUT2D eigenvalue weighted by molar-refractivity contribution is 6.01. The van der Waals surface area contributed by atoms with Crippen LogP contribution in [0.1, 0.15) is 20.3 Å². The van der Waals surface area contributed by atoms with Crippen LogP contribution in [0.25, 0.3) is 0 Å². The van der Waals surface area contributed by atoms with E-state index in [-0.39, 0.29) is 23.3 Å². The van der Waals surface area contributed by atoms with Gasteiger partial charge in [0.2, 0.25) is 5.91 Å². The summed E-state index contributed by atoms with van der Waals surface area (Å²) in [5, 5.41) is 0. The van der Waals surface area contributed by atoms with E-state index < -0.39 is 5.54 Å². The summed E-state index contributed by atoms with van der Waals surface area (Å²) in [6.45, 7) is 4.75. The van der Waals surface area contributed by atoms with Crippen LogP contribution in [0.3, 0.4) is 0 Å². The van der Waals surface area contributed by atoms with Crippen LogP contribution in [0.5, 0.6) is 0 Å². The van der Waals surface area contributed by atoms with Crippen LogP contribution in [0.4, 0.5) is 5.69 Å².